The quantitative estimate of drug-likeness (QED) is 0.760. The molecular formula is C24H32N2O2S. The molecule has 0 aromatic heterocycles. The summed E-state index contributed by atoms with van der Waals surface area (Å²) < 4.78 is 0.393. The van der Waals surface area contributed by atoms with E-state index in [0.29, 0.717) is 17.0 Å². The number of amides is 2. The van der Waals surface area contributed by atoms with Gasteiger partial charge in [-0.2, -0.15) is 0 Å². The normalized spacial score (nSPS) is 32.6. The molecule has 6 rings (SSSR count). The Balaban J connectivity index is 1.09. The summed E-state index contributed by atoms with van der Waals surface area (Å²) in [6.07, 6.45) is 10.6. The second kappa shape index (κ2) is 7.98. The highest BCUT2D eigenvalue weighted by atomic mass is 32.2. The number of carbonyl (C=O) groups is 2. The molecule has 1 N–H and O–H groups in total. The first-order valence-electron chi connectivity index (χ1n) is 11.4. The third-order valence-corrected chi connectivity index (χ3v) is 9.09. The molecule has 0 atom stereocenters. The Bertz CT molecular complexity index is 734. The number of thioether (sulfide) groups is 1. The molecule has 2 amide bonds. The van der Waals surface area contributed by atoms with Crippen LogP contribution in [0.15, 0.2) is 24.3 Å². The van der Waals surface area contributed by atoms with Crippen LogP contribution in [0.4, 0.5) is 0 Å². The van der Waals surface area contributed by atoms with Gasteiger partial charge in [0, 0.05) is 29.9 Å². The summed E-state index contributed by atoms with van der Waals surface area (Å²) in [7, 11) is 0. The average molecular weight is 413 g/mol. The molecule has 1 aliphatic heterocycles. The van der Waals surface area contributed by atoms with Crippen LogP contribution in [0.1, 0.15) is 67.3 Å². The highest BCUT2D eigenvalue weighted by Gasteiger charge is 2.51. The third kappa shape index (κ3) is 4.21. The summed E-state index contributed by atoms with van der Waals surface area (Å²) in [4.78, 5) is 26.8. The molecule has 0 unspecified atom stereocenters. The van der Waals surface area contributed by atoms with Crippen LogP contribution in [0.2, 0.25) is 0 Å². The first-order chi connectivity index (χ1) is 14.1. The van der Waals surface area contributed by atoms with Gasteiger partial charge in [-0.15, -0.1) is 11.8 Å². The SMILES string of the molecule is O=C(CSC12CC3CC(CC(C3)C1)C2)NCc1ccc(C(=O)N2CCCC2)cc1. The first-order valence-corrected chi connectivity index (χ1v) is 12.4. The molecule has 1 aromatic carbocycles. The highest BCUT2D eigenvalue weighted by Crippen LogP contribution is 2.60. The van der Waals surface area contributed by atoms with Gasteiger partial charge in [0.05, 0.1) is 5.75 Å². The van der Waals surface area contributed by atoms with Crippen molar-refractivity contribution in [1.29, 1.82) is 0 Å². The van der Waals surface area contributed by atoms with E-state index in [9.17, 15) is 9.59 Å². The molecule has 4 aliphatic carbocycles. The van der Waals surface area contributed by atoms with Gasteiger partial charge in [-0.05, 0) is 86.8 Å². The fourth-order valence-corrected chi connectivity index (χ4v) is 8.15. The Morgan fingerprint density at radius 2 is 1.55 bits per heavy atom. The molecule has 5 aliphatic rings. The Morgan fingerprint density at radius 3 is 2.14 bits per heavy atom. The molecule has 1 saturated heterocycles. The van der Waals surface area contributed by atoms with Crippen LogP contribution >= 0.6 is 11.8 Å². The Labute approximate surface area is 178 Å². The fourth-order valence-electron chi connectivity index (χ4n) is 6.55. The Hall–Kier alpha value is -1.49. The second-order valence-electron chi connectivity index (χ2n) is 9.86. The lowest BCUT2D eigenvalue weighted by Gasteiger charge is -2.56. The van der Waals surface area contributed by atoms with Crippen LogP contribution in [0, 0.1) is 17.8 Å². The molecule has 4 bridgehead atoms. The van der Waals surface area contributed by atoms with Gasteiger partial charge in [0.15, 0.2) is 0 Å². The summed E-state index contributed by atoms with van der Waals surface area (Å²) >= 11 is 1.94. The number of rotatable bonds is 6. The minimum absolute atomic E-state index is 0.130. The smallest absolute Gasteiger partial charge is 0.253 e. The molecular weight excluding hydrogens is 380 g/mol. The predicted molar refractivity (Wildman–Crippen MR) is 117 cm³/mol. The number of benzene rings is 1. The van der Waals surface area contributed by atoms with Gasteiger partial charge < -0.3 is 10.2 Å². The van der Waals surface area contributed by atoms with Crippen molar-refractivity contribution in [2.75, 3.05) is 18.8 Å². The van der Waals surface area contributed by atoms with Crippen LogP contribution < -0.4 is 5.32 Å². The van der Waals surface area contributed by atoms with Crippen molar-refractivity contribution >= 4 is 23.6 Å². The number of nitrogens with zero attached hydrogens (tertiary/aromatic N) is 1. The van der Waals surface area contributed by atoms with Crippen molar-refractivity contribution < 1.29 is 9.59 Å². The molecule has 1 aromatic rings. The molecule has 0 spiro atoms. The van der Waals surface area contributed by atoms with Crippen LogP contribution in [0.5, 0.6) is 0 Å². The van der Waals surface area contributed by atoms with E-state index in [0.717, 1.165) is 54.8 Å². The van der Waals surface area contributed by atoms with E-state index in [-0.39, 0.29) is 11.8 Å². The number of likely N-dealkylation sites (tertiary alicyclic amines) is 1. The fraction of sp³-hybridized carbons (Fsp3) is 0.667. The molecule has 4 nitrogen and oxygen atoms in total. The van der Waals surface area contributed by atoms with E-state index in [1.807, 2.05) is 40.9 Å². The zero-order chi connectivity index (χ0) is 19.8. The second-order valence-corrected chi connectivity index (χ2v) is 11.3. The van der Waals surface area contributed by atoms with E-state index in [4.69, 9.17) is 0 Å². The van der Waals surface area contributed by atoms with Crippen molar-refractivity contribution in [3.8, 4) is 0 Å². The van der Waals surface area contributed by atoms with Crippen molar-refractivity contribution in [2.45, 2.75) is 62.7 Å². The van der Waals surface area contributed by atoms with Crippen molar-refractivity contribution in [3.05, 3.63) is 35.4 Å². The average Bonchev–Trinajstić information content (AvgIpc) is 3.24. The van der Waals surface area contributed by atoms with E-state index in [1.165, 1.54) is 38.5 Å². The maximum Gasteiger partial charge on any atom is 0.253 e. The van der Waals surface area contributed by atoms with Gasteiger partial charge in [0.2, 0.25) is 5.91 Å². The summed E-state index contributed by atoms with van der Waals surface area (Å²) in [6, 6.07) is 7.73. The summed E-state index contributed by atoms with van der Waals surface area (Å²) in [5.41, 5.74) is 1.80. The van der Waals surface area contributed by atoms with Crippen molar-refractivity contribution in [1.82, 2.24) is 10.2 Å². The Kier molecular flexibility index (Phi) is 5.35. The predicted octanol–water partition coefficient (Wildman–Crippen LogP) is 4.24. The lowest BCUT2D eigenvalue weighted by atomic mass is 9.56. The topological polar surface area (TPSA) is 49.4 Å². The van der Waals surface area contributed by atoms with Crippen LogP contribution in [-0.2, 0) is 11.3 Å². The van der Waals surface area contributed by atoms with Gasteiger partial charge in [0.1, 0.15) is 0 Å². The first kappa shape index (κ1) is 19.5. The molecule has 156 valence electrons. The van der Waals surface area contributed by atoms with Gasteiger partial charge in [-0.1, -0.05) is 12.1 Å². The van der Waals surface area contributed by atoms with Crippen LogP contribution in [-0.4, -0.2) is 40.3 Å². The minimum Gasteiger partial charge on any atom is -0.351 e. The van der Waals surface area contributed by atoms with Crippen molar-refractivity contribution in [3.63, 3.8) is 0 Å². The summed E-state index contributed by atoms with van der Waals surface area (Å²) in [5, 5.41) is 3.08. The Morgan fingerprint density at radius 1 is 0.966 bits per heavy atom. The third-order valence-electron chi connectivity index (χ3n) is 7.58. The van der Waals surface area contributed by atoms with E-state index < -0.39 is 0 Å². The van der Waals surface area contributed by atoms with Gasteiger partial charge in [-0.3, -0.25) is 9.59 Å². The molecule has 5 heteroatoms. The van der Waals surface area contributed by atoms with E-state index >= 15 is 0 Å². The molecule has 0 radical (unpaired) electrons. The molecule has 5 fully saturated rings. The number of hydrogen-bond acceptors (Lipinski definition) is 3. The van der Waals surface area contributed by atoms with Gasteiger partial charge >= 0.3 is 0 Å². The molecule has 29 heavy (non-hydrogen) atoms. The lowest BCUT2D eigenvalue weighted by Crippen LogP contribution is -2.49. The number of hydrogen-bond donors (Lipinski definition) is 1. The van der Waals surface area contributed by atoms with E-state index in [1.54, 1.807) is 0 Å². The maximum atomic E-state index is 12.5. The van der Waals surface area contributed by atoms with Crippen LogP contribution in [0.25, 0.3) is 0 Å². The van der Waals surface area contributed by atoms with E-state index in [2.05, 4.69) is 5.32 Å². The minimum atomic E-state index is 0.130. The number of carbonyl (C=O) groups excluding carboxylic acids is 2. The zero-order valence-corrected chi connectivity index (χ0v) is 18.0. The number of nitrogens with one attached hydrogen (secondary N) is 1. The van der Waals surface area contributed by atoms with Gasteiger partial charge in [-0.25, -0.2) is 0 Å². The standard InChI is InChI=1S/C24H32N2O2S/c27-22(16-29-24-12-18-9-19(13-24)11-20(10-18)14-24)25-15-17-3-5-21(6-4-17)23(28)26-7-1-2-8-26/h3-6,18-20H,1-2,7-16H2,(H,25,27). The zero-order valence-electron chi connectivity index (χ0n) is 17.2. The summed E-state index contributed by atoms with van der Waals surface area (Å²) in [6.45, 7) is 2.29. The maximum absolute atomic E-state index is 12.5. The lowest BCUT2D eigenvalue weighted by molar-refractivity contribution is -0.118. The van der Waals surface area contributed by atoms with Gasteiger partial charge in [0.25, 0.3) is 5.91 Å². The molecule has 1 heterocycles. The van der Waals surface area contributed by atoms with Crippen molar-refractivity contribution in [2.24, 2.45) is 17.8 Å². The summed E-state index contributed by atoms with van der Waals surface area (Å²) in [5.74, 6) is 3.64. The largest absolute Gasteiger partial charge is 0.351 e. The van der Waals surface area contributed by atoms with Crippen LogP contribution in [0.3, 0.4) is 0 Å². The highest BCUT2D eigenvalue weighted by molar-refractivity contribution is 8.01. The monoisotopic (exact) mass is 412 g/mol. The molecule has 4 saturated carbocycles.